The van der Waals surface area contributed by atoms with Crippen molar-refractivity contribution in [2.45, 2.75) is 13.5 Å². The maximum Gasteiger partial charge on any atom is 0.0235 e. The standard InChI is InChI=1S/C12H15N/c1-10(2)12-5-3-4-11(8-12)9-13-6-7-13/h3-5,8H,1,6-7,9H2,2H3. The van der Waals surface area contributed by atoms with Crippen molar-refractivity contribution in [2.75, 3.05) is 13.1 Å². The van der Waals surface area contributed by atoms with Gasteiger partial charge in [0.15, 0.2) is 0 Å². The zero-order chi connectivity index (χ0) is 9.26. The molecule has 0 aliphatic carbocycles. The number of hydrogen-bond acceptors (Lipinski definition) is 1. The van der Waals surface area contributed by atoms with Crippen molar-refractivity contribution >= 4 is 5.57 Å². The summed E-state index contributed by atoms with van der Waals surface area (Å²) in [6.45, 7) is 9.62. The van der Waals surface area contributed by atoms with E-state index in [0.29, 0.717) is 0 Å². The van der Waals surface area contributed by atoms with Crippen LogP contribution in [-0.2, 0) is 6.54 Å². The lowest BCUT2D eigenvalue weighted by molar-refractivity contribution is 0.556. The predicted octanol–water partition coefficient (Wildman–Crippen LogP) is 2.54. The monoisotopic (exact) mass is 173 g/mol. The highest BCUT2D eigenvalue weighted by Gasteiger charge is 2.16. The van der Waals surface area contributed by atoms with Crippen molar-refractivity contribution < 1.29 is 0 Å². The van der Waals surface area contributed by atoms with Crippen LogP contribution < -0.4 is 0 Å². The first-order valence-electron chi connectivity index (χ1n) is 4.73. The van der Waals surface area contributed by atoms with Gasteiger partial charge in [0.25, 0.3) is 0 Å². The number of benzene rings is 1. The van der Waals surface area contributed by atoms with Crippen LogP contribution in [-0.4, -0.2) is 18.0 Å². The van der Waals surface area contributed by atoms with Crippen LogP contribution in [0, 0.1) is 0 Å². The highest BCUT2D eigenvalue weighted by atomic mass is 15.2. The molecule has 0 spiro atoms. The lowest BCUT2D eigenvalue weighted by Crippen LogP contribution is -1.96. The summed E-state index contributed by atoms with van der Waals surface area (Å²) < 4.78 is 0. The van der Waals surface area contributed by atoms with Crippen LogP contribution >= 0.6 is 0 Å². The Bertz CT molecular complexity index is 324. The van der Waals surface area contributed by atoms with Gasteiger partial charge in [-0.05, 0) is 18.1 Å². The van der Waals surface area contributed by atoms with Crippen molar-refractivity contribution in [2.24, 2.45) is 0 Å². The molecule has 68 valence electrons. The average Bonchev–Trinajstić information content (AvgIpc) is 2.89. The van der Waals surface area contributed by atoms with Crippen LogP contribution in [0.4, 0.5) is 0 Å². The summed E-state index contributed by atoms with van der Waals surface area (Å²) in [5.41, 5.74) is 3.81. The minimum Gasteiger partial charge on any atom is -0.297 e. The SMILES string of the molecule is C=C(C)c1cccc(CN2CC2)c1. The van der Waals surface area contributed by atoms with E-state index in [1.165, 1.54) is 24.2 Å². The van der Waals surface area contributed by atoms with Crippen LogP contribution in [0.3, 0.4) is 0 Å². The van der Waals surface area contributed by atoms with Crippen LogP contribution in [0.1, 0.15) is 18.1 Å². The molecule has 1 fully saturated rings. The maximum absolute atomic E-state index is 3.95. The normalized spacial score (nSPS) is 15.8. The smallest absolute Gasteiger partial charge is 0.0235 e. The highest BCUT2D eigenvalue weighted by molar-refractivity contribution is 5.61. The third-order valence-electron chi connectivity index (χ3n) is 2.37. The van der Waals surface area contributed by atoms with Crippen molar-refractivity contribution in [3.05, 3.63) is 42.0 Å². The molecular weight excluding hydrogens is 158 g/mol. The molecule has 1 saturated heterocycles. The van der Waals surface area contributed by atoms with Gasteiger partial charge in [0.2, 0.25) is 0 Å². The summed E-state index contributed by atoms with van der Waals surface area (Å²) >= 11 is 0. The second kappa shape index (κ2) is 3.35. The van der Waals surface area contributed by atoms with E-state index in [1.54, 1.807) is 0 Å². The van der Waals surface area contributed by atoms with Gasteiger partial charge in [0.1, 0.15) is 0 Å². The molecule has 1 nitrogen and oxygen atoms in total. The van der Waals surface area contributed by atoms with Crippen LogP contribution in [0.25, 0.3) is 5.57 Å². The second-order valence-electron chi connectivity index (χ2n) is 3.76. The molecule has 1 aromatic rings. The summed E-state index contributed by atoms with van der Waals surface area (Å²) in [5.74, 6) is 0. The van der Waals surface area contributed by atoms with Gasteiger partial charge in [-0.3, -0.25) is 4.90 Å². The Labute approximate surface area is 79.7 Å². The van der Waals surface area contributed by atoms with Gasteiger partial charge in [-0.2, -0.15) is 0 Å². The molecule has 1 aliphatic rings. The Kier molecular flexibility index (Phi) is 2.19. The number of nitrogens with zero attached hydrogens (tertiary/aromatic N) is 1. The minimum absolute atomic E-state index is 1.10. The number of hydrogen-bond donors (Lipinski definition) is 0. The molecule has 0 aromatic heterocycles. The largest absolute Gasteiger partial charge is 0.297 e. The lowest BCUT2D eigenvalue weighted by Gasteiger charge is -2.04. The van der Waals surface area contributed by atoms with Gasteiger partial charge < -0.3 is 0 Å². The van der Waals surface area contributed by atoms with Gasteiger partial charge >= 0.3 is 0 Å². The van der Waals surface area contributed by atoms with Gasteiger partial charge in [-0.25, -0.2) is 0 Å². The lowest BCUT2D eigenvalue weighted by atomic mass is 10.1. The molecule has 0 radical (unpaired) electrons. The van der Waals surface area contributed by atoms with Crippen LogP contribution in [0.2, 0.25) is 0 Å². The Morgan fingerprint density at radius 1 is 1.46 bits per heavy atom. The molecule has 0 amide bonds. The maximum atomic E-state index is 3.95. The highest BCUT2D eigenvalue weighted by Crippen LogP contribution is 2.16. The van der Waals surface area contributed by atoms with E-state index in [4.69, 9.17) is 0 Å². The van der Waals surface area contributed by atoms with Gasteiger partial charge in [-0.1, -0.05) is 36.4 Å². The zero-order valence-electron chi connectivity index (χ0n) is 8.09. The molecule has 2 rings (SSSR count). The minimum atomic E-state index is 1.10. The molecule has 0 unspecified atom stereocenters. The van der Waals surface area contributed by atoms with Gasteiger partial charge in [0, 0.05) is 19.6 Å². The molecule has 0 saturated carbocycles. The van der Waals surface area contributed by atoms with Crippen LogP contribution in [0.15, 0.2) is 30.8 Å². The molecule has 1 heteroatoms. The topological polar surface area (TPSA) is 3.01 Å². The van der Waals surface area contributed by atoms with Gasteiger partial charge in [-0.15, -0.1) is 0 Å². The fourth-order valence-electron chi connectivity index (χ4n) is 1.42. The molecule has 0 atom stereocenters. The van der Waals surface area contributed by atoms with E-state index in [1.807, 2.05) is 0 Å². The number of rotatable bonds is 3. The second-order valence-corrected chi connectivity index (χ2v) is 3.76. The third-order valence-corrected chi connectivity index (χ3v) is 2.37. The van der Waals surface area contributed by atoms with Crippen molar-refractivity contribution in [1.82, 2.24) is 4.90 Å². The number of allylic oxidation sites excluding steroid dienone is 1. The average molecular weight is 173 g/mol. The Morgan fingerprint density at radius 3 is 2.85 bits per heavy atom. The summed E-state index contributed by atoms with van der Waals surface area (Å²) in [7, 11) is 0. The first-order chi connectivity index (χ1) is 6.25. The van der Waals surface area contributed by atoms with E-state index in [-0.39, 0.29) is 0 Å². The molecule has 0 bridgehead atoms. The van der Waals surface area contributed by atoms with E-state index < -0.39 is 0 Å². The molecule has 1 aliphatic heterocycles. The first-order valence-corrected chi connectivity index (χ1v) is 4.73. The van der Waals surface area contributed by atoms with Crippen molar-refractivity contribution in [1.29, 1.82) is 0 Å². The fourth-order valence-corrected chi connectivity index (χ4v) is 1.42. The van der Waals surface area contributed by atoms with Crippen molar-refractivity contribution in [3.8, 4) is 0 Å². The van der Waals surface area contributed by atoms with E-state index >= 15 is 0 Å². The third kappa shape index (κ3) is 2.19. The fraction of sp³-hybridized carbons (Fsp3) is 0.333. The van der Waals surface area contributed by atoms with E-state index in [9.17, 15) is 0 Å². The van der Waals surface area contributed by atoms with E-state index in [2.05, 4.69) is 42.7 Å². The Hall–Kier alpha value is -1.08. The predicted molar refractivity (Wildman–Crippen MR) is 56.4 cm³/mol. The molecular formula is C12H15N. The molecule has 0 N–H and O–H groups in total. The van der Waals surface area contributed by atoms with Crippen molar-refractivity contribution in [3.63, 3.8) is 0 Å². The Morgan fingerprint density at radius 2 is 2.23 bits per heavy atom. The first kappa shape index (κ1) is 8.52. The zero-order valence-corrected chi connectivity index (χ0v) is 8.09. The summed E-state index contributed by atoms with van der Waals surface area (Å²) in [6, 6.07) is 8.66. The molecule has 1 aromatic carbocycles. The Balaban J connectivity index is 2.15. The molecule has 13 heavy (non-hydrogen) atoms. The summed E-state index contributed by atoms with van der Waals surface area (Å²) in [5, 5.41) is 0. The molecule has 1 heterocycles. The summed E-state index contributed by atoms with van der Waals surface area (Å²) in [4.78, 5) is 2.41. The quantitative estimate of drug-likeness (QED) is 0.635. The summed E-state index contributed by atoms with van der Waals surface area (Å²) in [6.07, 6.45) is 0. The van der Waals surface area contributed by atoms with Gasteiger partial charge in [0.05, 0.1) is 0 Å². The van der Waals surface area contributed by atoms with E-state index in [0.717, 1.165) is 12.1 Å². The van der Waals surface area contributed by atoms with Crippen LogP contribution in [0.5, 0.6) is 0 Å².